The predicted molar refractivity (Wildman–Crippen MR) is 95.1 cm³/mol. The van der Waals surface area contributed by atoms with Crippen LogP contribution in [0.4, 0.5) is 10.1 Å². The van der Waals surface area contributed by atoms with Crippen molar-refractivity contribution in [2.24, 2.45) is 17.8 Å². The Labute approximate surface area is 149 Å². The molecule has 9 heteroatoms. The van der Waals surface area contributed by atoms with Gasteiger partial charge in [0, 0.05) is 36.5 Å². The van der Waals surface area contributed by atoms with Crippen LogP contribution in [0, 0.1) is 5.82 Å². The van der Waals surface area contributed by atoms with E-state index in [2.05, 4.69) is 20.7 Å². The van der Waals surface area contributed by atoms with E-state index >= 15 is 0 Å². The normalized spacial score (nSPS) is 19.3. The molecule has 1 aromatic carbocycles. The minimum Gasteiger partial charge on any atom is -0.494 e. The van der Waals surface area contributed by atoms with Crippen molar-refractivity contribution in [1.82, 2.24) is 15.1 Å². The first-order chi connectivity index (χ1) is 11.9. The van der Waals surface area contributed by atoms with Gasteiger partial charge in [-0.2, -0.15) is 5.10 Å². The Morgan fingerprint density at radius 3 is 2.96 bits per heavy atom. The van der Waals surface area contributed by atoms with Crippen LogP contribution in [-0.2, 0) is 13.5 Å². The van der Waals surface area contributed by atoms with Crippen LogP contribution in [0.3, 0.4) is 0 Å². The van der Waals surface area contributed by atoms with Gasteiger partial charge in [-0.05, 0) is 18.2 Å². The molecule has 0 saturated carbocycles. The molecule has 0 radical (unpaired) electrons. The molecule has 0 fully saturated rings. The molecule has 2 aromatic rings. The Hall–Kier alpha value is -2.58. The first kappa shape index (κ1) is 17.2. The number of anilines is 1. The van der Waals surface area contributed by atoms with Crippen molar-refractivity contribution < 1.29 is 9.13 Å². The highest BCUT2D eigenvalue weighted by atomic mass is 35.5. The number of aryl methyl sites for hydroxylation is 1. The fraction of sp³-hybridized carbons (Fsp3) is 0.250. The number of rotatable bonds is 4. The third-order valence-electron chi connectivity index (χ3n) is 3.71. The lowest BCUT2D eigenvalue weighted by Gasteiger charge is -2.27. The predicted octanol–water partition coefficient (Wildman–Crippen LogP) is 2.00. The first-order valence-electron chi connectivity index (χ1n) is 7.50. The van der Waals surface area contributed by atoms with Crippen molar-refractivity contribution in [3.8, 4) is 5.75 Å². The van der Waals surface area contributed by atoms with E-state index in [1.54, 1.807) is 35.4 Å². The van der Waals surface area contributed by atoms with Crippen LogP contribution < -0.4 is 21.1 Å². The molecule has 1 aliphatic heterocycles. The van der Waals surface area contributed by atoms with Gasteiger partial charge in [0.05, 0.1) is 19.0 Å². The van der Waals surface area contributed by atoms with Crippen LogP contribution in [-0.4, -0.2) is 28.5 Å². The maximum Gasteiger partial charge on any atom is 0.202 e. The van der Waals surface area contributed by atoms with Crippen molar-refractivity contribution in [1.29, 1.82) is 0 Å². The summed E-state index contributed by atoms with van der Waals surface area (Å²) < 4.78 is 21.2. The van der Waals surface area contributed by atoms with E-state index in [1.165, 1.54) is 13.2 Å². The van der Waals surface area contributed by atoms with Gasteiger partial charge in [0.15, 0.2) is 11.6 Å². The van der Waals surface area contributed by atoms with Gasteiger partial charge in [-0.15, -0.1) is 0 Å². The zero-order valence-corrected chi connectivity index (χ0v) is 14.5. The summed E-state index contributed by atoms with van der Waals surface area (Å²) in [4.78, 5) is 4.43. The van der Waals surface area contributed by atoms with Gasteiger partial charge in [0.25, 0.3) is 0 Å². The number of aromatic nitrogens is 2. The fourth-order valence-electron chi connectivity index (χ4n) is 2.51. The highest BCUT2D eigenvalue weighted by molar-refractivity contribution is 6.31. The minimum atomic E-state index is -1.16. The summed E-state index contributed by atoms with van der Waals surface area (Å²) in [5, 5.41) is 10.4. The van der Waals surface area contributed by atoms with Crippen LogP contribution in [0.2, 0.25) is 5.02 Å². The molecule has 7 nitrogen and oxygen atoms in total. The molecule has 0 saturated heterocycles. The van der Waals surface area contributed by atoms with Crippen molar-refractivity contribution in [2.75, 3.05) is 12.4 Å². The van der Waals surface area contributed by atoms with Crippen LogP contribution in [0.1, 0.15) is 5.56 Å². The lowest BCUT2D eigenvalue weighted by molar-refractivity contribution is 0.382. The molecule has 25 heavy (non-hydrogen) atoms. The summed E-state index contributed by atoms with van der Waals surface area (Å²) in [6.07, 6.45) is 6.82. The van der Waals surface area contributed by atoms with E-state index in [0.717, 1.165) is 5.69 Å². The topological polar surface area (TPSA) is 89.5 Å². The van der Waals surface area contributed by atoms with Crippen molar-refractivity contribution >= 4 is 23.2 Å². The summed E-state index contributed by atoms with van der Waals surface area (Å²) in [6, 6.07) is 3.05. The molecule has 1 aliphatic rings. The summed E-state index contributed by atoms with van der Waals surface area (Å²) >= 11 is 6.14. The number of methoxy groups -OCH3 is 1. The number of hydrogen-bond donors (Lipinski definition) is 3. The van der Waals surface area contributed by atoms with Crippen LogP contribution in [0.25, 0.3) is 0 Å². The van der Waals surface area contributed by atoms with Crippen molar-refractivity contribution in [2.45, 2.75) is 12.1 Å². The Bertz CT molecular complexity index is 849. The van der Waals surface area contributed by atoms with Gasteiger partial charge < -0.3 is 21.1 Å². The van der Waals surface area contributed by atoms with E-state index in [-0.39, 0.29) is 22.8 Å². The Balaban J connectivity index is 1.86. The Morgan fingerprint density at radius 2 is 2.28 bits per heavy atom. The second-order valence-electron chi connectivity index (χ2n) is 5.68. The monoisotopic (exact) mass is 364 g/mol. The van der Waals surface area contributed by atoms with Gasteiger partial charge >= 0.3 is 0 Å². The molecule has 1 aromatic heterocycles. The zero-order valence-electron chi connectivity index (χ0n) is 13.8. The molecule has 0 bridgehead atoms. The SMILES string of the molecule is COc1ccc(Cl)c(CC2(N)C=CNC(Nc3cnn(C)c3)=N2)c1F. The van der Waals surface area contributed by atoms with Gasteiger partial charge in [0.1, 0.15) is 5.66 Å². The molecule has 132 valence electrons. The lowest BCUT2D eigenvalue weighted by atomic mass is 9.99. The van der Waals surface area contributed by atoms with Crippen molar-refractivity contribution in [3.05, 3.63) is 53.2 Å². The highest BCUT2D eigenvalue weighted by Crippen LogP contribution is 2.30. The van der Waals surface area contributed by atoms with Gasteiger partial charge in [-0.25, -0.2) is 9.38 Å². The standard InChI is InChI=1S/C16H18ClFN6O/c1-24-9-10(8-21-24)22-15-20-6-5-16(19,23-15)7-11-12(17)3-4-13(25-2)14(11)18/h3-6,8-9H,7,19H2,1-2H3,(H2,20,22,23). The van der Waals surface area contributed by atoms with Crippen LogP contribution >= 0.6 is 11.6 Å². The second-order valence-corrected chi connectivity index (χ2v) is 6.08. The molecule has 0 aliphatic carbocycles. The Morgan fingerprint density at radius 1 is 1.48 bits per heavy atom. The number of nitrogens with one attached hydrogen (secondary N) is 2. The van der Waals surface area contributed by atoms with Crippen LogP contribution in [0.5, 0.6) is 5.75 Å². The van der Waals surface area contributed by atoms with E-state index in [0.29, 0.717) is 5.96 Å². The molecular formula is C16H18ClFN6O. The van der Waals surface area contributed by atoms with Crippen LogP contribution in [0.15, 0.2) is 41.8 Å². The number of nitrogens with two attached hydrogens (primary N) is 1. The first-order valence-corrected chi connectivity index (χ1v) is 7.87. The molecule has 1 atom stereocenters. The van der Waals surface area contributed by atoms with Crippen molar-refractivity contribution in [3.63, 3.8) is 0 Å². The average molecular weight is 365 g/mol. The maximum absolute atomic E-state index is 14.5. The number of benzene rings is 1. The molecule has 2 heterocycles. The van der Waals surface area contributed by atoms with E-state index in [4.69, 9.17) is 22.1 Å². The summed E-state index contributed by atoms with van der Waals surface area (Å²) in [7, 11) is 3.20. The number of aliphatic imine (C=N–C) groups is 1. The highest BCUT2D eigenvalue weighted by Gasteiger charge is 2.28. The number of guanidine groups is 1. The zero-order chi connectivity index (χ0) is 18.0. The third-order valence-corrected chi connectivity index (χ3v) is 4.06. The minimum absolute atomic E-state index is 0.0747. The molecular weight excluding hydrogens is 347 g/mol. The fourth-order valence-corrected chi connectivity index (χ4v) is 2.72. The van der Waals surface area contributed by atoms with E-state index in [1.807, 2.05) is 7.05 Å². The maximum atomic E-state index is 14.5. The molecule has 3 rings (SSSR count). The van der Waals surface area contributed by atoms with Gasteiger partial charge in [0.2, 0.25) is 5.96 Å². The quantitative estimate of drug-likeness (QED) is 0.772. The molecule has 4 N–H and O–H groups in total. The second kappa shape index (κ2) is 6.73. The number of nitrogens with zero attached hydrogens (tertiary/aromatic N) is 3. The smallest absolute Gasteiger partial charge is 0.202 e. The van der Waals surface area contributed by atoms with Gasteiger partial charge in [-0.3, -0.25) is 4.68 Å². The van der Waals surface area contributed by atoms with Gasteiger partial charge in [-0.1, -0.05) is 11.6 Å². The average Bonchev–Trinajstić information content (AvgIpc) is 2.96. The number of halogens is 2. The number of hydrogen-bond acceptors (Lipinski definition) is 6. The summed E-state index contributed by atoms with van der Waals surface area (Å²) in [5.41, 5.74) is 6.17. The molecule has 0 amide bonds. The van der Waals surface area contributed by atoms with E-state index < -0.39 is 11.5 Å². The largest absolute Gasteiger partial charge is 0.494 e. The lowest BCUT2D eigenvalue weighted by Crippen LogP contribution is -2.45. The molecule has 1 unspecified atom stereocenters. The summed E-state index contributed by atoms with van der Waals surface area (Å²) in [5.74, 6) is -0.000227. The summed E-state index contributed by atoms with van der Waals surface area (Å²) in [6.45, 7) is 0. The Kier molecular flexibility index (Phi) is 4.65. The number of ether oxygens (including phenoxy) is 1. The van der Waals surface area contributed by atoms with E-state index in [9.17, 15) is 4.39 Å². The third kappa shape index (κ3) is 3.75. The molecule has 0 spiro atoms.